The predicted octanol–water partition coefficient (Wildman–Crippen LogP) is 13.3. The van der Waals surface area contributed by atoms with Crippen LogP contribution in [0.4, 0.5) is 0 Å². The number of benzene rings is 7. The molecule has 0 saturated heterocycles. The Morgan fingerprint density at radius 3 is 1.38 bits per heavy atom. The summed E-state index contributed by atoms with van der Waals surface area (Å²) in [6, 6.07) is 59.9. The number of para-hydroxylation sites is 1. The van der Waals surface area contributed by atoms with Crippen LogP contribution in [-0.4, -0.2) is 34.9 Å². The fraction of sp³-hybridized carbons (Fsp3) is 0. The lowest BCUT2D eigenvalue weighted by Crippen LogP contribution is -2.00. The summed E-state index contributed by atoms with van der Waals surface area (Å²) >= 11 is 0. The topological polar surface area (TPSA) is 103 Å². The smallest absolute Gasteiger partial charge is 0.180 e. The van der Waals surface area contributed by atoms with Gasteiger partial charge >= 0.3 is 0 Å². The summed E-state index contributed by atoms with van der Waals surface area (Å²) in [7, 11) is 0. The largest absolute Gasteiger partial charge is 0.452 e. The molecule has 0 amide bonds. The van der Waals surface area contributed by atoms with Crippen LogP contribution in [-0.2, 0) is 0 Å². The molecule has 7 aromatic carbocycles. The van der Waals surface area contributed by atoms with Crippen molar-refractivity contribution in [2.24, 2.45) is 0 Å². The van der Waals surface area contributed by atoms with Crippen LogP contribution in [0.25, 0.3) is 123 Å². The number of aromatic nitrogens is 7. The molecule has 12 aromatic rings. The standard InChI is InChI=1S/C55H33N7O/c1-2-10-45-36(7-1)17-18-37-19-28-42(31-47(37)45)55-58-49(51-50(59-55)46-11-3-4-12-48(46)63-51)38-20-26-41(27-21-38)54-61-52(39-22-13-34(14-23-39)43-8-5-29-56-32-43)60-53(62-54)40-24-15-35(16-25-40)44-9-6-30-57-33-44/h1-33H. The van der Waals surface area contributed by atoms with Crippen LogP contribution in [0.3, 0.4) is 0 Å². The van der Waals surface area contributed by atoms with E-state index in [1.54, 1.807) is 12.4 Å². The van der Waals surface area contributed by atoms with Crippen LogP contribution < -0.4 is 0 Å². The van der Waals surface area contributed by atoms with Gasteiger partial charge in [0.25, 0.3) is 0 Å². The van der Waals surface area contributed by atoms with E-state index in [1.807, 2.05) is 97.3 Å². The molecule has 0 unspecified atom stereocenters. The zero-order valence-corrected chi connectivity index (χ0v) is 33.6. The van der Waals surface area contributed by atoms with Gasteiger partial charge in [-0.25, -0.2) is 24.9 Å². The average molecular weight is 808 g/mol. The van der Waals surface area contributed by atoms with Gasteiger partial charge in [0.15, 0.2) is 28.9 Å². The minimum atomic E-state index is 0.551. The molecule has 8 nitrogen and oxygen atoms in total. The summed E-state index contributed by atoms with van der Waals surface area (Å²) in [4.78, 5) is 34.1. The fourth-order valence-electron chi connectivity index (χ4n) is 8.29. The van der Waals surface area contributed by atoms with Crippen molar-refractivity contribution < 1.29 is 4.42 Å². The van der Waals surface area contributed by atoms with E-state index in [0.717, 1.165) is 77.3 Å². The number of fused-ring (bicyclic) bond motifs is 6. The highest BCUT2D eigenvalue weighted by Crippen LogP contribution is 2.38. The second kappa shape index (κ2) is 15.1. The van der Waals surface area contributed by atoms with Gasteiger partial charge in [0, 0.05) is 58.0 Å². The Hall–Kier alpha value is -8.75. The molecule has 0 aliphatic carbocycles. The zero-order chi connectivity index (χ0) is 41.7. The van der Waals surface area contributed by atoms with Crippen molar-refractivity contribution >= 4 is 43.6 Å². The first-order chi connectivity index (χ1) is 31.2. The van der Waals surface area contributed by atoms with Gasteiger partial charge in [-0.15, -0.1) is 0 Å². The predicted molar refractivity (Wildman–Crippen MR) is 251 cm³/mol. The van der Waals surface area contributed by atoms with Crippen molar-refractivity contribution in [2.75, 3.05) is 0 Å². The highest BCUT2D eigenvalue weighted by molar-refractivity contribution is 6.10. The zero-order valence-electron chi connectivity index (χ0n) is 33.6. The Morgan fingerprint density at radius 2 is 0.794 bits per heavy atom. The average Bonchev–Trinajstić information content (AvgIpc) is 3.75. The molecular formula is C55H33N7O. The van der Waals surface area contributed by atoms with Gasteiger partial charge < -0.3 is 4.42 Å². The number of rotatable bonds is 7. The summed E-state index contributed by atoms with van der Waals surface area (Å²) in [6.45, 7) is 0. The van der Waals surface area contributed by atoms with Gasteiger partial charge in [-0.05, 0) is 74.1 Å². The van der Waals surface area contributed by atoms with Crippen LogP contribution in [0.5, 0.6) is 0 Å². The molecule has 0 radical (unpaired) electrons. The summed E-state index contributed by atoms with van der Waals surface area (Å²) in [5.41, 5.74) is 11.4. The monoisotopic (exact) mass is 807 g/mol. The third-order valence-corrected chi connectivity index (χ3v) is 11.6. The van der Waals surface area contributed by atoms with E-state index in [9.17, 15) is 0 Å². The first-order valence-electron chi connectivity index (χ1n) is 20.7. The number of hydrogen-bond acceptors (Lipinski definition) is 8. The molecule has 294 valence electrons. The Balaban J connectivity index is 0.966. The maximum Gasteiger partial charge on any atom is 0.180 e. The Morgan fingerprint density at radius 1 is 0.317 bits per heavy atom. The number of hydrogen-bond donors (Lipinski definition) is 0. The minimum absolute atomic E-state index is 0.551. The molecule has 5 heterocycles. The van der Waals surface area contributed by atoms with Crippen molar-refractivity contribution in [3.05, 3.63) is 201 Å². The van der Waals surface area contributed by atoms with Gasteiger partial charge in [0.1, 0.15) is 16.8 Å². The first kappa shape index (κ1) is 36.1. The van der Waals surface area contributed by atoms with Crippen molar-refractivity contribution in [3.8, 4) is 79.1 Å². The van der Waals surface area contributed by atoms with Gasteiger partial charge in [-0.3, -0.25) is 9.97 Å². The lowest BCUT2D eigenvalue weighted by molar-refractivity contribution is 0.667. The molecule has 0 atom stereocenters. The van der Waals surface area contributed by atoms with E-state index in [2.05, 4.69) is 101 Å². The van der Waals surface area contributed by atoms with E-state index in [0.29, 0.717) is 34.6 Å². The fourth-order valence-corrected chi connectivity index (χ4v) is 8.29. The summed E-state index contributed by atoms with van der Waals surface area (Å²) in [5, 5.41) is 5.64. The van der Waals surface area contributed by atoms with Gasteiger partial charge in [-0.1, -0.05) is 146 Å². The second-order valence-electron chi connectivity index (χ2n) is 15.4. The van der Waals surface area contributed by atoms with E-state index >= 15 is 0 Å². The molecule has 0 fully saturated rings. The van der Waals surface area contributed by atoms with Gasteiger partial charge in [0.05, 0.1) is 0 Å². The summed E-state index contributed by atoms with van der Waals surface area (Å²) < 4.78 is 6.51. The maximum absolute atomic E-state index is 6.51. The lowest BCUT2D eigenvalue weighted by atomic mass is 9.99. The van der Waals surface area contributed by atoms with Crippen molar-refractivity contribution in [1.29, 1.82) is 0 Å². The quantitative estimate of drug-likeness (QED) is 0.147. The van der Waals surface area contributed by atoms with E-state index in [4.69, 9.17) is 29.3 Å². The Bertz CT molecular complexity index is 3550. The van der Waals surface area contributed by atoms with Gasteiger partial charge in [0.2, 0.25) is 0 Å². The molecule has 12 rings (SSSR count). The molecule has 5 aromatic heterocycles. The Kier molecular flexibility index (Phi) is 8.64. The van der Waals surface area contributed by atoms with Crippen LogP contribution in [0.1, 0.15) is 0 Å². The molecule has 0 aliphatic rings. The lowest BCUT2D eigenvalue weighted by Gasteiger charge is -2.11. The highest BCUT2D eigenvalue weighted by Gasteiger charge is 2.20. The number of nitrogens with zero attached hydrogens (tertiary/aromatic N) is 7. The molecule has 0 bridgehead atoms. The van der Waals surface area contributed by atoms with Crippen LogP contribution in [0.15, 0.2) is 205 Å². The normalized spacial score (nSPS) is 11.5. The Labute approximate surface area is 361 Å². The number of furan rings is 1. The SMILES string of the molecule is c1cncc(-c2ccc(-c3nc(-c4ccc(-c5cccnc5)cc4)nc(-c4ccc(-c5nc(-c6ccc7ccc8ccccc8c7c6)nc6c5oc5ccccc56)cc4)n3)cc2)c1. The third kappa shape index (κ3) is 6.63. The second-order valence-corrected chi connectivity index (χ2v) is 15.4. The van der Waals surface area contributed by atoms with E-state index in [-0.39, 0.29) is 0 Å². The van der Waals surface area contributed by atoms with Crippen LogP contribution in [0.2, 0.25) is 0 Å². The summed E-state index contributed by atoms with van der Waals surface area (Å²) in [6.07, 6.45) is 7.28. The molecular weight excluding hydrogens is 775 g/mol. The van der Waals surface area contributed by atoms with Crippen molar-refractivity contribution in [1.82, 2.24) is 34.9 Å². The van der Waals surface area contributed by atoms with Crippen LogP contribution in [0, 0.1) is 0 Å². The van der Waals surface area contributed by atoms with Crippen LogP contribution >= 0.6 is 0 Å². The number of pyridine rings is 2. The third-order valence-electron chi connectivity index (χ3n) is 11.6. The molecule has 0 spiro atoms. The van der Waals surface area contributed by atoms with Gasteiger partial charge in [-0.2, -0.15) is 0 Å². The molecule has 0 N–H and O–H groups in total. The first-order valence-corrected chi connectivity index (χ1v) is 20.7. The molecule has 8 heteroatoms. The highest BCUT2D eigenvalue weighted by atomic mass is 16.3. The molecule has 0 aliphatic heterocycles. The molecule has 0 saturated carbocycles. The van der Waals surface area contributed by atoms with Crippen molar-refractivity contribution in [3.63, 3.8) is 0 Å². The molecule has 63 heavy (non-hydrogen) atoms. The summed E-state index contributed by atoms with van der Waals surface area (Å²) in [5.74, 6) is 2.31. The van der Waals surface area contributed by atoms with Crippen molar-refractivity contribution in [2.45, 2.75) is 0 Å². The maximum atomic E-state index is 6.51. The van der Waals surface area contributed by atoms with E-state index < -0.39 is 0 Å². The van der Waals surface area contributed by atoms with E-state index in [1.165, 1.54) is 10.8 Å². The minimum Gasteiger partial charge on any atom is -0.452 e.